The molecule has 6 heteroatoms. The molecule has 1 aliphatic rings. The fraction of sp³-hybridized carbons (Fsp3) is 0.278. The molecule has 0 saturated heterocycles. The van der Waals surface area contributed by atoms with Gasteiger partial charge in [0.05, 0.1) is 12.6 Å². The van der Waals surface area contributed by atoms with Crippen molar-refractivity contribution in [2.75, 3.05) is 7.05 Å². The van der Waals surface area contributed by atoms with Crippen LogP contribution in [0.15, 0.2) is 53.3 Å². The number of fused-ring (bicyclic) bond motifs is 1. The first-order valence-corrected chi connectivity index (χ1v) is 7.91. The summed E-state index contributed by atoms with van der Waals surface area (Å²) in [6.07, 6.45) is 3.73. The van der Waals surface area contributed by atoms with Crippen LogP contribution in [0.3, 0.4) is 0 Å². The topological polar surface area (TPSA) is 75.3 Å². The predicted octanol–water partition coefficient (Wildman–Crippen LogP) is 2.22. The smallest absolute Gasteiger partial charge is 0.241 e. The number of aromatic nitrogens is 3. The highest BCUT2D eigenvalue weighted by molar-refractivity contribution is 5.51. The van der Waals surface area contributed by atoms with Crippen LogP contribution >= 0.6 is 0 Å². The van der Waals surface area contributed by atoms with Gasteiger partial charge in [-0.1, -0.05) is 29.4 Å². The van der Waals surface area contributed by atoms with Crippen LogP contribution in [0.2, 0.25) is 0 Å². The van der Waals surface area contributed by atoms with Gasteiger partial charge in [0.25, 0.3) is 0 Å². The second-order valence-corrected chi connectivity index (χ2v) is 6.08. The van der Waals surface area contributed by atoms with E-state index >= 15 is 0 Å². The van der Waals surface area contributed by atoms with Crippen LogP contribution in [0.5, 0.6) is 0 Å². The molecule has 1 N–H and O–H groups in total. The number of rotatable bonds is 4. The minimum Gasteiger partial charge on any atom is -0.387 e. The van der Waals surface area contributed by atoms with Crippen molar-refractivity contribution in [3.8, 4) is 11.4 Å². The maximum Gasteiger partial charge on any atom is 0.241 e. The molecule has 1 aromatic carbocycles. The average molecular weight is 322 g/mol. The Morgan fingerprint density at radius 2 is 2.12 bits per heavy atom. The summed E-state index contributed by atoms with van der Waals surface area (Å²) in [5, 5.41) is 14.6. The minimum atomic E-state index is -0.494. The van der Waals surface area contributed by atoms with E-state index in [1.807, 2.05) is 37.4 Å². The first-order chi connectivity index (χ1) is 11.7. The summed E-state index contributed by atoms with van der Waals surface area (Å²) in [7, 11) is 1.97. The van der Waals surface area contributed by atoms with Gasteiger partial charge in [-0.2, -0.15) is 4.98 Å². The van der Waals surface area contributed by atoms with E-state index < -0.39 is 6.10 Å². The molecule has 0 saturated carbocycles. The molecule has 0 bridgehead atoms. The molecule has 0 spiro atoms. The molecule has 0 aliphatic heterocycles. The Hall–Kier alpha value is -2.57. The first kappa shape index (κ1) is 15.0. The lowest BCUT2D eigenvalue weighted by Gasteiger charge is -2.25. The summed E-state index contributed by atoms with van der Waals surface area (Å²) in [4.78, 5) is 10.5. The Balaban J connectivity index is 1.48. The Kier molecular flexibility index (Phi) is 3.84. The summed E-state index contributed by atoms with van der Waals surface area (Å²) in [6.45, 7) is 0.489. The molecule has 3 aromatic rings. The van der Waals surface area contributed by atoms with Gasteiger partial charge in [-0.25, -0.2) is 0 Å². The van der Waals surface area contributed by atoms with Gasteiger partial charge in [-0.05, 0) is 36.7 Å². The zero-order valence-corrected chi connectivity index (χ0v) is 13.3. The third kappa shape index (κ3) is 2.70. The summed E-state index contributed by atoms with van der Waals surface area (Å²) in [5.41, 5.74) is 3.03. The number of hydrogen-bond donors (Lipinski definition) is 1. The molecule has 2 aromatic heterocycles. The van der Waals surface area contributed by atoms with Gasteiger partial charge < -0.3 is 9.63 Å². The molecule has 0 fully saturated rings. The van der Waals surface area contributed by atoms with E-state index in [1.165, 1.54) is 5.56 Å². The van der Waals surface area contributed by atoms with Gasteiger partial charge in [0, 0.05) is 24.0 Å². The van der Waals surface area contributed by atoms with Crippen LogP contribution in [0, 0.1) is 0 Å². The number of likely N-dealkylation sites (N-methyl/N-ethyl adjacent to an activating group) is 1. The van der Waals surface area contributed by atoms with E-state index in [9.17, 15) is 5.11 Å². The third-order valence-corrected chi connectivity index (χ3v) is 4.51. The second kappa shape index (κ2) is 6.14. The van der Waals surface area contributed by atoms with E-state index in [2.05, 4.69) is 26.1 Å². The van der Waals surface area contributed by atoms with Crippen LogP contribution in [0.25, 0.3) is 11.4 Å². The molecule has 2 heterocycles. The van der Waals surface area contributed by atoms with E-state index in [4.69, 9.17) is 4.52 Å². The van der Waals surface area contributed by atoms with Crippen molar-refractivity contribution in [3.05, 3.63) is 65.8 Å². The monoisotopic (exact) mass is 322 g/mol. The van der Waals surface area contributed by atoms with Gasteiger partial charge in [-0.3, -0.25) is 9.88 Å². The predicted molar refractivity (Wildman–Crippen MR) is 87.9 cm³/mol. The molecule has 0 radical (unpaired) electrons. The highest BCUT2D eigenvalue weighted by Gasteiger charge is 2.33. The van der Waals surface area contributed by atoms with Gasteiger partial charge in [-0.15, -0.1) is 0 Å². The Labute approximate surface area is 139 Å². The zero-order valence-electron chi connectivity index (χ0n) is 13.3. The number of aliphatic hydroxyl groups is 1. The second-order valence-electron chi connectivity index (χ2n) is 6.08. The Morgan fingerprint density at radius 1 is 1.25 bits per heavy atom. The minimum absolute atomic E-state index is 0.0103. The summed E-state index contributed by atoms with van der Waals surface area (Å²) >= 11 is 0. The number of hydrogen-bond acceptors (Lipinski definition) is 6. The SMILES string of the molecule is CN(Cc1nc(-c2cccnc2)no1)[C@@H]1Cc2ccccc2[C@H]1O. The molecule has 1 aliphatic carbocycles. The average Bonchev–Trinajstić information content (AvgIpc) is 3.21. The molecule has 2 atom stereocenters. The Morgan fingerprint density at radius 3 is 2.92 bits per heavy atom. The van der Waals surface area contributed by atoms with Crippen molar-refractivity contribution in [3.63, 3.8) is 0 Å². The number of benzene rings is 1. The van der Waals surface area contributed by atoms with Crippen molar-refractivity contribution in [2.24, 2.45) is 0 Å². The van der Waals surface area contributed by atoms with Crippen LogP contribution < -0.4 is 0 Å². The summed E-state index contributed by atoms with van der Waals surface area (Å²) in [6, 6.07) is 11.8. The third-order valence-electron chi connectivity index (χ3n) is 4.51. The van der Waals surface area contributed by atoms with E-state index in [0.29, 0.717) is 18.3 Å². The van der Waals surface area contributed by atoms with Crippen LogP contribution in [0.1, 0.15) is 23.1 Å². The van der Waals surface area contributed by atoms with Gasteiger partial charge in [0.15, 0.2) is 0 Å². The number of aliphatic hydroxyl groups excluding tert-OH is 1. The molecule has 122 valence electrons. The molecule has 4 rings (SSSR count). The summed E-state index contributed by atoms with van der Waals surface area (Å²) < 4.78 is 5.35. The maximum absolute atomic E-state index is 10.6. The van der Waals surface area contributed by atoms with Crippen molar-refractivity contribution >= 4 is 0 Å². The molecular weight excluding hydrogens is 304 g/mol. The normalized spacial score (nSPS) is 19.6. The van der Waals surface area contributed by atoms with Crippen molar-refractivity contribution in [2.45, 2.75) is 25.1 Å². The van der Waals surface area contributed by atoms with Crippen LogP contribution in [-0.4, -0.2) is 38.2 Å². The van der Waals surface area contributed by atoms with Crippen molar-refractivity contribution < 1.29 is 9.63 Å². The van der Waals surface area contributed by atoms with Gasteiger partial charge in [0.1, 0.15) is 0 Å². The maximum atomic E-state index is 10.6. The standard InChI is InChI=1S/C18H18N4O2/c1-22(15-9-12-5-2-3-7-14(12)17(15)23)11-16-20-18(21-24-16)13-6-4-8-19-10-13/h2-8,10,15,17,23H,9,11H2,1H3/t15-,17-/m1/s1. The fourth-order valence-corrected chi connectivity index (χ4v) is 3.21. The highest BCUT2D eigenvalue weighted by atomic mass is 16.5. The quantitative estimate of drug-likeness (QED) is 0.794. The van der Waals surface area contributed by atoms with Crippen LogP contribution in [0.4, 0.5) is 0 Å². The molecule has 24 heavy (non-hydrogen) atoms. The van der Waals surface area contributed by atoms with Gasteiger partial charge >= 0.3 is 0 Å². The fourth-order valence-electron chi connectivity index (χ4n) is 3.21. The van der Waals surface area contributed by atoms with Crippen LogP contribution in [-0.2, 0) is 13.0 Å². The molecule has 6 nitrogen and oxygen atoms in total. The summed E-state index contributed by atoms with van der Waals surface area (Å²) in [5.74, 6) is 1.06. The molecule has 0 amide bonds. The van der Waals surface area contributed by atoms with Crippen molar-refractivity contribution in [1.82, 2.24) is 20.0 Å². The lowest BCUT2D eigenvalue weighted by atomic mass is 10.1. The lowest BCUT2D eigenvalue weighted by Crippen LogP contribution is -2.34. The highest BCUT2D eigenvalue weighted by Crippen LogP contribution is 2.34. The van der Waals surface area contributed by atoms with Crippen molar-refractivity contribution in [1.29, 1.82) is 0 Å². The largest absolute Gasteiger partial charge is 0.387 e. The molecular formula is C18H18N4O2. The van der Waals surface area contributed by atoms with E-state index in [0.717, 1.165) is 17.5 Å². The number of nitrogens with zero attached hydrogens (tertiary/aromatic N) is 4. The zero-order chi connectivity index (χ0) is 16.5. The van der Waals surface area contributed by atoms with Gasteiger partial charge in [0.2, 0.25) is 11.7 Å². The molecule has 0 unspecified atom stereocenters. The van der Waals surface area contributed by atoms with E-state index in [1.54, 1.807) is 12.4 Å². The lowest BCUT2D eigenvalue weighted by molar-refractivity contribution is 0.0664. The Bertz CT molecular complexity index is 834. The number of pyridine rings is 1. The van der Waals surface area contributed by atoms with E-state index in [-0.39, 0.29) is 6.04 Å². The first-order valence-electron chi connectivity index (χ1n) is 7.91.